The van der Waals surface area contributed by atoms with Crippen LogP contribution in [0.3, 0.4) is 0 Å². The number of carbonyl (C=O) groups is 2. The zero-order valence-electron chi connectivity index (χ0n) is 19.6. The molecule has 2 rings (SSSR count). The lowest BCUT2D eigenvalue weighted by Gasteiger charge is -2.30. The fourth-order valence-corrected chi connectivity index (χ4v) is 4.40. The maximum absolute atomic E-state index is 12.3. The maximum Gasteiger partial charge on any atom is 0.407 e. The number of alkyl carbamates (subject to hydrolysis) is 2. The Balaban J connectivity index is 1.83. The number of likely N-dealkylation sites (N-methyl/N-ethyl adjacent to an activating group) is 1. The van der Waals surface area contributed by atoms with Crippen LogP contribution in [0.25, 0.3) is 0 Å². The van der Waals surface area contributed by atoms with E-state index in [1.54, 1.807) is 23.4 Å². The minimum atomic E-state index is -0.423. The smallest absolute Gasteiger partial charge is 0.407 e. The Hall–Kier alpha value is -2.24. The van der Waals surface area contributed by atoms with Crippen LogP contribution < -0.4 is 10.6 Å². The maximum atomic E-state index is 12.3. The van der Waals surface area contributed by atoms with Gasteiger partial charge in [0.1, 0.15) is 13.2 Å². The third-order valence-corrected chi connectivity index (χ3v) is 6.49. The van der Waals surface area contributed by atoms with Crippen molar-refractivity contribution in [1.82, 2.24) is 25.5 Å². The second kappa shape index (κ2) is 15.6. The van der Waals surface area contributed by atoms with Crippen molar-refractivity contribution < 1.29 is 19.1 Å². The first-order chi connectivity index (χ1) is 16.0. The van der Waals surface area contributed by atoms with E-state index in [9.17, 15) is 9.59 Å². The molecular formula is C22H35N5O4S2. The lowest BCUT2D eigenvalue weighted by atomic mass is 10.1. The number of nitrogens with zero attached hydrogens (tertiary/aromatic N) is 3. The number of hydrogen-bond donors (Lipinski definition) is 2. The van der Waals surface area contributed by atoms with Crippen LogP contribution in [0.2, 0.25) is 0 Å². The molecule has 0 fully saturated rings. The summed E-state index contributed by atoms with van der Waals surface area (Å²) in [5.74, 6) is 0. The van der Waals surface area contributed by atoms with Gasteiger partial charge in [-0.2, -0.15) is 0 Å². The molecule has 0 aromatic carbocycles. The molecule has 0 aliphatic rings. The van der Waals surface area contributed by atoms with Gasteiger partial charge in [-0.1, -0.05) is 33.6 Å². The van der Waals surface area contributed by atoms with Gasteiger partial charge in [0.25, 0.3) is 0 Å². The Morgan fingerprint density at radius 3 is 1.67 bits per heavy atom. The highest BCUT2D eigenvalue weighted by molar-refractivity contribution is 7.09. The summed E-state index contributed by atoms with van der Waals surface area (Å²) in [5.41, 5.74) is 3.43. The van der Waals surface area contributed by atoms with Gasteiger partial charge in [0, 0.05) is 37.6 Å². The molecule has 0 aliphatic carbocycles. The third-order valence-electron chi connectivity index (χ3n) is 4.98. The molecule has 184 valence electrons. The summed E-state index contributed by atoms with van der Waals surface area (Å²) >= 11 is 2.91. The molecule has 9 nitrogen and oxygen atoms in total. The molecule has 2 aromatic heterocycles. The van der Waals surface area contributed by atoms with Crippen LogP contribution in [-0.4, -0.2) is 58.8 Å². The van der Waals surface area contributed by atoms with Crippen molar-refractivity contribution in [3.63, 3.8) is 0 Å². The monoisotopic (exact) mass is 497 g/mol. The predicted molar refractivity (Wildman–Crippen MR) is 130 cm³/mol. The summed E-state index contributed by atoms with van der Waals surface area (Å²) in [6.45, 7) is 8.86. The van der Waals surface area contributed by atoms with Gasteiger partial charge in [0.15, 0.2) is 0 Å². The lowest BCUT2D eigenvalue weighted by Crippen LogP contribution is -2.49. The van der Waals surface area contributed by atoms with Crippen LogP contribution in [0.5, 0.6) is 0 Å². The average Bonchev–Trinajstić information content (AvgIpc) is 3.50. The zero-order valence-corrected chi connectivity index (χ0v) is 21.3. The van der Waals surface area contributed by atoms with Gasteiger partial charge < -0.3 is 20.1 Å². The molecule has 33 heavy (non-hydrogen) atoms. The molecule has 2 unspecified atom stereocenters. The van der Waals surface area contributed by atoms with Crippen molar-refractivity contribution in [2.45, 2.75) is 71.8 Å². The number of thiazole rings is 2. The topological polar surface area (TPSA) is 106 Å². The predicted octanol–water partition coefficient (Wildman–Crippen LogP) is 4.41. The zero-order chi connectivity index (χ0) is 23.9. The van der Waals surface area contributed by atoms with Crippen LogP contribution in [0.1, 0.15) is 56.2 Å². The van der Waals surface area contributed by atoms with Crippen LogP contribution in [0.4, 0.5) is 9.59 Å². The van der Waals surface area contributed by atoms with Crippen LogP contribution in [-0.2, 0) is 22.7 Å². The SMILES string of the molecule is CCCC(CN(CC)CC(CCC)NC(=O)OCc1cncs1)NC(=O)OCc1cncs1. The first-order valence-electron chi connectivity index (χ1n) is 11.4. The molecule has 2 heterocycles. The molecule has 2 aromatic rings. The van der Waals surface area contributed by atoms with Gasteiger partial charge in [-0.15, -0.1) is 22.7 Å². The molecule has 0 saturated carbocycles. The number of rotatable bonds is 15. The van der Waals surface area contributed by atoms with Crippen LogP contribution in [0.15, 0.2) is 23.4 Å². The van der Waals surface area contributed by atoms with Gasteiger partial charge in [-0.3, -0.25) is 14.9 Å². The van der Waals surface area contributed by atoms with Crippen molar-refractivity contribution in [1.29, 1.82) is 0 Å². The summed E-state index contributed by atoms with van der Waals surface area (Å²) in [6, 6.07) is -0.0751. The highest BCUT2D eigenvalue weighted by Crippen LogP contribution is 2.10. The van der Waals surface area contributed by atoms with E-state index in [-0.39, 0.29) is 25.3 Å². The number of amides is 2. The van der Waals surface area contributed by atoms with E-state index in [4.69, 9.17) is 9.47 Å². The number of carbonyl (C=O) groups excluding carboxylic acids is 2. The molecule has 11 heteroatoms. The Bertz CT molecular complexity index is 725. The average molecular weight is 498 g/mol. The van der Waals surface area contributed by atoms with E-state index in [1.165, 1.54) is 22.7 Å². The molecule has 2 amide bonds. The molecule has 0 bridgehead atoms. The van der Waals surface area contributed by atoms with Crippen molar-refractivity contribution in [3.05, 3.63) is 33.2 Å². The summed E-state index contributed by atoms with van der Waals surface area (Å²) in [5, 5.41) is 5.98. The molecule has 0 aliphatic heterocycles. The fourth-order valence-electron chi connectivity index (χ4n) is 3.39. The van der Waals surface area contributed by atoms with Crippen molar-refractivity contribution >= 4 is 34.9 Å². The number of nitrogens with one attached hydrogen (secondary N) is 2. The van der Waals surface area contributed by atoms with E-state index >= 15 is 0 Å². The van der Waals surface area contributed by atoms with E-state index < -0.39 is 12.2 Å². The van der Waals surface area contributed by atoms with Crippen molar-refractivity contribution in [2.24, 2.45) is 0 Å². The number of aromatic nitrogens is 2. The summed E-state index contributed by atoms with van der Waals surface area (Å²) < 4.78 is 10.7. The van der Waals surface area contributed by atoms with E-state index in [1.807, 2.05) is 0 Å². The Morgan fingerprint density at radius 1 is 0.879 bits per heavy atom. The van der Waals surface area contributed by atoms with E-state index in [0.29, 0.717) is 13.1 Å². The van der Waals surface area contributed by atoms with Gasteiger partial charge >= 0.3 is 12.2 Å². The van der Waals surface area contributed by atoms with Gasteiger partial charge in [-0.05, 0) is 19.4 Å². The summed E-state index contributed by atoms with van der Waals surface area (Å²) in [6.07, 6.45) is 6.12. The fraction of sp³-hybridized carbons (Fsp3) is 0.636. The minimum absolute atomic E-state index is 0.0375. The summed E-state index contributed by atoms with van der Waals surface area (Å²) in [7, 11) is 0. The van der Waals surface area contributed by atoms with Gasteiger partial charge in [0.05, 0.1) is 20.8 Å². The summed E-state index contributed by atoms with van der Waals surface area (Å²) in [4.78, 5) is 36.6. The molecular weight excluding hydrogens is 462 g/mol. The van der Waals surface area contributed by atoms with Gasteiger partial charge in [0.2, 0.25) is 0 Å². The first-order valence-corrected chi connectivity index (χ1v) is 13.1. The largest absolute Gasteiger partial charge is 0.444 e. The molecule has 0 radical (unpaired) electrons. The lowest BCUT2D eigenvalue weighted by molar-refractivity contribution is 0.126. The molecule has 0 spiro atoms. The Kier molecular flexibility index (Phi) is 12.7. The second-order valence-corrected chi connectivity index (χ2v) is 9.64. The van der Waals surface area contributed by atoms with Crippen molar-refractivity contribution in [3.8, 4) is 0 Å². The quantitative estimate of drug-likeness (QED) is 0.375. The molecule has 2 atom stereocenters. The number of hydrogen-bond acceptors (Lipinski definition) is 9. The standard InChI is InChI=1S/C22H35N5O4S2/c1-4-7-17(25-21(28)30-13-19-9-23-15-32-19)11-27(6-3)12-18(8-5-2)26-22(29)31-14-20-10-24-16-33-20/h9-10,15-18H,4-8,11-14H2,1-3H3,(H,25,28)(H,26,29). The van der Waals surface area contributed by atoms with Gasteiger partial charge in [-0.25, -0.2) is 9.59 Å². The Labute approximate surface area is 203 Å². The second-order valence-electron chi connectivity index (χ2n) is 7.70. The van der Waals surface area contributed by atoms with Crippen LogP contribution >= 0.6 is 22.7 Å². The van der Waals surface area contributed by atoms with Crippen molar-refractivity contribution in [2.75, 3.05) is 19.6 Å². The van der Waals surface area contributed by atoms with Crippen LogP contribution in [0, 0.1) is 0 Å². The third kappa shape index (κ3) is 11.0. The first kappa shape index (κ1) is 27.0. The molecule has 2 N–H and O–H groups in total. The Morgan fingerprint density at radius 2 is 1.33 bits per heavy atom. The minimum Gasteiger partial charge on any atom is -0.444 e. The van der Waals surface area contributed by atoms with E-state index in [2.05, 4.69) is 46.3 Å². The number of ether oxygens (including phenoxy) is 2. The normalized spacial score (nSPS) is 12.8. The highest BCUT2D eigenvalue weighted by atomic mass is 32.1. The molecule has 0 saturated heterocycles. The van der Waals surface area contributed by atoms with E-state index in [0.717, 1.165) is 42.0 Å². The highest BCUT2D eigenvalue weighted by Gasteiger charge is 2.20.